The Morgan fingerprint density at radius 3 is 2.86 bits per heavy atom. The highest BCUT2D eigenvalue weighted by Gasteiger charge is 2.28. The van der Waals surface area contributed by atoms with Gasteiger partial charge in [0, 0.05) is 25.4 Å². The second-order valence-corrected chi connectivity index (χ2v) is 5.45. The number of aryl methyl sites for hydroxylation is 1. The predicted molar refractivity (Wildman–Crippen MR) is 84.3 cm³/mol. The van der Waals surface area contributed by atoms with Crippen molar-refractivity contribution < 1.29 is 9.53 Å². The van der Waals surface area contributed by atoms with E-state index in [1.54, 1.807) is 6.20 Å². The first-order valence-corrected chi connectivity index (χ1v) is 7.65. The van der Waals surface area contributed by atoms with Gasteiger partial charge in [-0.15, -0.1) is 0 Å². The van der Waals surface area contributed by atoms with Crippen molar-refractivity contribution in [3.63, 3.8) is 0 Å². The number of hydrogen-bond acceptors (Lipinski definition) is 3. The molecule has 0 saturated carbocycles. The first-order valence-electron chi connectivity index (χ1n) is 7.65. The third-order valence-corrected chi connectivity index (χ3v) is 3.98. The fourth-order valence-corrected chi connectivity index (χ4v) is 2.79. The molecule has 22 heavy (non-hydrogen) atoms. The van der Waals surface area contributed by atoms with E-state index >= 15 is 0 Å². The summed E-state index contributed by atoms with van der Waals surface area (Å²) in [6, 6.07) is 14.0. The molecule has 2 heterocycles. The molecule has 2 aromatic rings. The number of carbonyl (C=O) groups is 1. The monoisotopic (exact) mass is 296 g/mol. The number of amides is 1. The van der Waals surface area contributed by atoms with Crippen molar-refractivity contribution in [2.24, 2.45) is 0 Å². The molecule has 1 aliphatic heterocycles. The van der Waals surface area contributed by atoms with E-state index in [1.807, 2.05) is 41.4 Å². The third-order valence-electron chi connectivity index (χ3n) is 3.98. The smallest absolute Gasteiger partial charge is 0.223 e. The van der Waals surface area contributed by atoms with Gasteiger partial charge in [0.2, 0.25) is 5.91 Å². The summed E-state index contributed by atoms with van der Waals surface area (Å²) in [6.07, 6.45) is 4.81. The van der Waals surface area contributed by atoms with Gasteiger partial charge in [0.15, 0.2) is 0 Å². The van der Waals surface area contributed by atoms with Crippen molar-refractivity contribution in [3.05, 3.63) is 66.0 Å². The zero-order valence-electron chi connectivity index (χ0n) is 12.5. The van der Waals surface area contributed by atoms with Gasteiger partial charge < -0.3 is 9.64 Å². The van der Waals surface area contributed by atoms with Crippen LogP contribution in [0, 0.1) is 0 Å². The molecule has 1 atom stereocenters. The third kappa shape index (κ3) is 3.52. The Balaban J connectivity index is 1.66. The summed E-state index contributed by atoms with van der Waals surface area (Å²) in [5.41, 5.74) is 2.23. The van der Waals surface area contributed by atoms with Crippen LogP contribution < -0.4 is 0 Å². The minimum absolute atomic E-state index is 0.0244. The van der Waals surface area contributed by atoms with E-state index in [9.17, 15) is 4.79 Å². The quantitative estimate of drug-likeness (QED) is 0.871. The Morgan fingerprint density at radius 1 is 1.23 bits per heavy atom. The lowest BCUT2D eigenvalue weighted by Gasteiger charge is -2.36. The van der Waals surface area contributed by atoms with Crippen molar-refractivity contribution in [1.82, 2.24) is 9.88 Å². The van der Waals surface area contributed by atoms with Crippen LogP contribution >= 0.6 is 0 Å². The standard InChI is InChI=1S/C18H20N2O2/c21-18(9-8-15-5-4-10-19-13-15)20-11-12-22-14-17(20)16-6-2-1-3-7-16/h1-7,10,13,17H,8-9,11-12,14H2/t17-/m0/s1. The van der Waals surface area contributed by atoms with Crippen LogP contribution in [0.5, 0.6) is 0 Å². The van der Waals surface area contributed by atoms with Gasteiger partial charge in [0.25, 0.3) is 0 Å². The van der Waals surface area contributed by atoms with Gasteiger partial charge >= 0.3 is 0 Å². The van der Waals surface area contributed by atoms with E-state index < -0.39 is 0 Å². The Labute approximate surface area is 130 Å². The first kappa shape index (κ1) is 14.7. The van der Waals surface area contributed by atoms with Crippen LogP contribution in [-0.2, 0) is 16.0 Å². The van der Waals surface area contributed by atoms with E-state index in [0.717, 1.165) is 17.5 Å². The Morgan fingerprint density at radius 2 is 2.09 bits per heavy atom. The molecule has 114 valence electrons. The number of hydrogen-bond donors (Lipinski definition) is 0. The van der Waals surface area contributed by atoms with Gasteiger partial charge in [-0.2, -0.15) is 0 Å². The van der Waals surface area contributed by atoms with Crippen LogP contribution in [-0.4, -0.2) is 35.5 Å². The fourth-order valence-electron chi connectivity index (χ4n) is 2.79. The molecular formula is C18H20N2O2. The van der Waals surface area contributed by atoms with E-state index in [2.05, 4.69) is 17.1 Å². The molecule has 1 fully saturated rings. The molecule has 0 aliphatic carbocycles. The van der Waals surface area contributed by atoms with Gasteiger partial charge in [0.05, 0.1) is 19.3 Å². The number of rotatable bonds is 4. The summed E-state index contributed by atoms with van der Waals surface area (Å²) in [4.78, 5) is 18.7. The summed E-state index contributed by atoms with van der Waals surface area (Å²) in [7, 11) is 0. The SMILES string of the molecule is O=C(CCc1cccnc1)N1CCOC[C@H]1c1ccccc1. The van der Waals surface area contributed by atoms with Gasteiger partial charge in [0.1, 0.15) is 0 Å². The highest BCUT2D eigenvalue weighted by molar-refractivity contribution is 5.77. The second kappa shape index (κ2) is 7.18. The minimum atomic E-state index is 0.0244. The lowest BCUT2D eigenvalue weighted by molar-refractivity contribution is -0.140. The lowest BCUT2D eigenvalue weighted by Crippen LogP contribution is -2.43. The van der Waals surface area contributed by atoms with Crippen LogP contribution in [0.25, 0.3) is 0 Å². The second-order valence-electron chi connectivity index (χ2n) is 5.45. The van der Waals surface area contributed by atoms with Crippen molar-refractivity contribution in [1.29, 1.82) is 0 Å². The zero-order valence-corrected chi connectivity index (χ0v) is 12.5. The van der Waals surface area contributed by atoms with Crippen LogP contribution in [0.4, 0.5) is 0 Å². The van der Waals surface area contributed by atoms with Crippen molar-refractivity contribution in [2.75, 3.05) is 19.8 Å². The first-order chi connectivity index (χ1) is 10.8. The molecule has 4 heteroatoms. The highest BCUT2D eigenvalue weighted by atomic mass is 16.5. The van der Waals surface area contributed by atoms with Gasteiger partial charge in [-0.25, -0.2) is 0 Å². The average Bonchev–Trinajstić information content (AvgIpc) is 2.61. The van der Waals surface area contributed by atoms with E-state index in [4.69, 9.17) is 4.74 Å². The van der Waals surface area contributed by atoms with Gasteiger partial charge in [-0.1, -0.05) is 36.4 Å². The van der Waals surface area contributed by atoms with Crippen molar-refractivity contribution in [2.45, 2.75) is 18.9 Å². The molecule has 4 nitrogen and oxygen atoms in total. The number of nitrogens with zero attached hydrogens (tertiary/aromatic N) is 2. The summed E-state index contributed by atoms with van der Waals surface area (Å²) < 4.78 is 5.58. The number of ether oxygens (including phenoxy) is 1. The maximum Gasteiger partial charge on any atom is 0.223 e. The maximum absolute atomic E-state index is 12.6. The van der Waals surface area contributed by atoms with Crippen LogP contribution in [0.3, 0.4) is 0 Å². The molecule has 1 amide bonds. The molecule has 0 bridgehead atoms. The molecular weight excluding hydrogens is 276 g/mol. The summed E-state index contributed by atoms with van der Waals surface area (Å²) >= 11 is 0. The van der Waals surface area contributed by atoms with E-state index in [0.29, 0.717) is 26.2 Å². The van der Waals surface area contributed by atoms with Crippen LogP contribution in [0.15, 0.2) is 54.9 Å². The Hall–Kier alpha value is -2.20. The van der Waals surface area contributed by atoms with Crippen LogP contribution in [0.2, 0.25) is 0 Å². The van der Waals surface area contributed by atoms with Crippen molar-refractivity contribution >= 4 is 5.91 Å². The summed E-state index contributed by atoms with van der Waals surface area (Å²) in [6.45, 7) is 1.84. The van der Waals surface area contributed by atoms with Crippen molar-refractivity contribution in [3.8, 4) is 0 Å². The van der Waals surface area contributed by atoms with E-state index in [-0.39, 0.29) is 11.9 Å². The largest absolute Gasteiger partial charge is 0.377 e. The van der Waals surface area contributed by atoms with Gasteiger partial charge in [-0.3, -0.25) is 9.78 Å². The summed E-state index contributed by atoms with van der Waals surface area (Å²) in [5, 5.41) is 0. The molecule has 0 unspecified atom stereocenters. The Kier molecular flexibility index (Phi) is 4.81. The van der Waals surface area contributed by atoms with Gasteiger partial charge in [-0.05, 0) is 23.6 Å². The number of benzene rings is 1. The Bertz CT molecular complexity index is 601. The fraction of sp³-hybridized carbons (Fsp3) is 0.333. The predicted octanol–water partition coefficient (Wildman–Crippen LogP) is 2.61. The highest BCUT2D eigenvalue weighted by Crippen LogP contribution is 2.24. The van der Waals surface area contributed by atoms with E-state index in [1.165, 1.54) is 0 Å². The van der Waals surface area contributed by atoms with Crippen LogP contribution in [0.1, 0.15) is 23.6 Å². The molecule has 1 aromatic heterocycles. The topological polar surface area (TPSA) is 42.4 Å². The number of pyridine rings is 1. The number of carbonyl (C=O) groups excluding carboxylic acids is 1. The molecule has 0 spiro atoms. The molecule has 0 radical (unpaired) electrons. The maximum atomic E-state index is 12.6. The molecule has 1 aliphatic rings. The number of morpholine rings is 1. The number of aromatic nitrogens is 1. The zero-order chi connectivity index (χ0) is 15.2. The minimum Gasteiger partial charge on any atom is -0.377 e. The molecule has 1 aromatic carbocycles. The average molecular weight is 296 g/mol. The lowest BCUT2D eigenvalue weighted by atomic mass is 10.0. The molecule has 0 N–H and O–H groups in total. The molecule has 1 saturated heterocycles. The normalized spacial score (nSPS) is 18.2. The summed E-state index contributed by atoms with van der Waals surface area (Å²) in [5.74, 6) is 0.181. The molecule has 3 rings (SSSR count).